The number of hydrogen-bond donors (Lipinski definition) is 3. The first-order valence-electron chi connectivity index (χ1n) is 7.98. The van der Waals surface area contributed by atoms with Gasteiger partial charge < -0.3 is 15.6 Å². The molecule has 3 N–H and O–H groups in total. The zero-order valence-corrected chi connectivity index (χ0v) is 13.8. The summed E-state index contributed by atoms with van der Waals surface area (Å²) in [4.78, 5) is 27.8. The molecule has 3 rings (SSSR count). The van der Waals surface area contributed by atoms with E-state index in [0.29, 0.717) is 13.1 Å². The van der Waals surface area contributed by atoms with E-state index in [9.17, 15) is 9.59 Å². The summed E-state index contributed by atoms with van der Waals surface area (Å²) in [5.74, 6) is -0.954. The SMILES string of the molecule is CC(C)(C)C1CNC(=O)C1C(=O)NCc1c[nH]c2ccccc12. The average molecular weight is 313 g/mol. The summed E-state index contributed by atoms with van der Waals surface area (Å²) in [6.07, 6.45) is 1.90. The molecule has 1 saturated heterocycles. The van der Waals surface area contributed by atoms with Crippen LogP contribution >= 0.6 is 0 Å². The molecular weight excluding hydrogens is 290 g/mol. The number of H-pyrrole nitrogens is 1. The van der Waals surface area contributed by atoms with Gasteiger partial charge in [0.25, 0.3) is 0 Å². The van der Waals surface area contributed by atoms with Crippen molar-refractivity contribution in [3.8, 4) is 0 Å². The number of fused-ring (bicyclic) bond motifs is 1. The van der Waals surface area contributed by atoms with Gasteiger partial charge >= 0.3 is 0 Å². The molecule has 0 spiro atoms. The molecule has 122 valence electrons. The number of aromatic amines is 1. The quantitative estimate of drug-likeness (QED) is 0.760. The fourth-order valence-electron chi connectivity index (χ4n) is 3.30. The Morgan fingerprint density at radius 3 is 2.78 bits per heavy atom. The van der Waals surface area contributed by atoms with Crippen molar-refractivity contribution in [3.63, 3.8) is 0 Å². The van der Waals surface area contributed by atoms with Crippen molar-refractivity contribution in [2.24, 2.45) is 17.3 Å². The molecule has 1 aliphatic heterocycles. The molecule has 0 aliphatic carbocycles. The number of aromatic nitrogens is 1. The minimum atomic E-state index is -0.611. The van der Waals surface area contributed by atoms with E-state index >= 15 is 0 Å². The van der Waals surface area contributed by atoms with Gasteiger partial charge in [0.2, 0.25) is 11.8 Å². The molecule has 2 amide bonds. The summed E-state index contributed by atoms with van der Waals surface area (Å²) >= 11 is 0. The number of para-hydroxylation sites is 1. The highest BCUT2D eigenvalue weighted by Gasteiger charge is 2.45. The monoisotopic (exact) mass is 313 g/mol. The van der Waals surface area contributed by atoms with E-state index in [2.05, 4.69) is 36.4 Å². The number of amides is 2. The Bertz CT molecular complexity index is 742. The number of hydrogen-bond acceptors (Lipinski definition) is 2. The Hall–Kier alpha value is -2.30. The fourth-order valence-corrected chi connectivity index (χ4v) is 3.30. The van der Waals surface area contributed by atoms with Gasteiger partial charge in [-0.1, -0.05) is 39.0 Å². The molecule has 2 unspecified atom stereocenters. The largest absolute Gasteiger partial charge is 0.361 e. The first-order valence-corrected chi connectivity index (χ1v) is 7.98. The van der Waals surface area contributed by atoms with Crippen LogP contribution in [0.5, 0.6) is 0 Å². The third-order valence-electron chi connectivity index (χ3n) is 4.70. The van der Waals surface area contributed by atoms with E-state index in [0.717, 1.165) is 16.5 Å². The van der Waals surface area contributed by atoms with Crippen LogP contribution in [0.4, 0.5) is 0 Å². The van der Waals surface area contributed by atoms with Crippen molar-refractivity contribution in [3.05, 3.63) is 36.0 Å². The predicted octanol–water partition coefficient (Wildman–Crippen LogP) is 2.19. The molecule has 5 heteroatoms. The Balaban J connectivity index is 1.72. The molecule has 2 aromatic rings. The fraction of sp³-hybridized carbons (Fsp3) is 0.444. The highest BCUT2D eigenvalue weighted by atomic mass is 16.2. The maximum absolute atomic E-state index is 12.6. The van der Waals surface area contributed by atoms with Crippen LogP contribution in [-0.2, 0) is 16.1 Å². The summed E-state index contributed by atoms with van der Waals surface area (Å²) in [7, 11) is 0. The van der Waals surface area contributed by atoms with Crippen LogP contribution in [0.2, 0.25) is 0 Å². The van der Waals surface area contributed by atoms with Gasteiger partial charge in [-0.3, -0.25) is 9.59 Å². The number of carbonyl (C=O) groups excluding carboxylic acids is 2. The molecule has 2 atom stereocenters. The van der Waals surface area contributed by atoms with E-state index < -0.39 is 5.92 Å². The second-order valence-electron chi connectivity index (χ2n) is 7.27. The van der Waals surface area contributed by atoms with Crippen molar-refractivity contribution >= 4 is 22.7 Å². The highest BCUT2D eigenvalue weighted by Crippen LogP contribution is 2.35. The Morgan fingerprint density at radius 2 is 2.04 bits per heavy atom. The minimum Gasteiger partial charge on any atom is -0.361 e. The van der Waals surface area contributed by atoms with Crippen LogP contribution in [-0.4, -0.2) is 23.3 Å². The van der Waals surface area contributed by atoms with Gasteiger partial charge in [-0.05, 0) is 17.0 Å². The van der Waals surface area contributed by atoms with Gasteiger partial charge in [0.1, 0.15) is 5.92 Å². The van der Waals surface area contributed by atoms with Gasteiger partial charge in [0.05, 0.1) is 0 Å². The van der Waals surface area contributed by atoms with E-state index in [1.165, 1.54) is 0 Å². The lowest BCUT2D eigenvalue weighted by Gasteiger charge is -2.29. The van der Waals surface area contributed by atoms with Gasteiger partial charge in [-0.2, -0.15) is 0 Å². The summed E-state index contributed by atoms with van der Waals surface area (Å²) in [5.41, 5.74) is 1.98. The zero-order valence-electron chi connectivity index (χ0n) is 13.8. The first kappa shape index (κ1) is 15.6. The van der Waals surface area contributed by atoms with Crippen molar-refractivity contribution in [2.75, 3.05) is 6.54 Å². The summed E-state index contributed by atoms with van der Waals surface area (Å²) in [6.45, 7) is 7.19. The van der Waals surface area contributed by atoms with E-state index in [-0.39, 0.29) is 23.1 Å². The molecular formula is C18H23N3O2. The molecule has 0 bridgehead atoms. The van der Waals surface area contributed by atoms with E-state index in [1.54, 1.807) is 0 Å². The Morgan fingerprint density at radius 1 is 1.30 bits per heavy atom. The molecule has 1 fully saturated rings. The molecule has 1 aromatic carbocycles. The number of benzene rings is 1. The standard InChI is InChI=1S/C18H23N3O2/c1-18(2,3)13-10-21-17(23)15(13)16(22)20-9-11-8-19-14-7-5-4-6-12(11)14/h4-8,13,15,19H,9-10H2,1-3H3,(H,20,22)(H,21,23). The normalized spacial score (nSPS) is 21.4. The van der Waals surface area contributed by atoms with Gasteiger partial charge in [0, 0.05) is 36.1 Å². The summed E-state index contributed by atoms with van der Waals surface area (Å²) < 4.78 is 0. The van der Waals surface area contributed by atoms with Gasteiger partial charge in [-0.15, -0.1) is 0 Å². The molecule has 1 aromatic heterocycles. The lowest BCUT2D eigenvalue weighted by atomic mass is 9.74. The van der Waals surface area contributed by atoms with Crippen molar-refractivity contribution in [1.82, 2.24) is 15.6 Å². The highest BCUT2D eigenvalue weighted by molar-refractivity contribution is 6.02. The van der Waals surface area contributed by atoms with E-state index in [1.807, 2.05) is 30.5 Å². The van der Waals surface area contributed by atoms with Gasteiger partial charge in [-0.25, -0.2) is 0 Å². The maximum Gasteiger partial charge on any atom is 0.233 e. The third-order valence-corrected chi connectivity index (χ3v) is 4.70. The van der Waals surface area contributed by atoms with Crippen LogP contribution in [0.3, 0.4) is 0 Å². The van der Waals surface area contributed by atoms with Crippen molar-refractivity contribution < 1.29 is 9.59 Å². The second kappa shape index (κ2) is 5.72. The van der Waals surface area contributed by atoms with Crippen molar-refractivity contribution in [1.29, 1.82) is 0 Å². The Kier molecular flexibility index (Phi) is 3.88. The minimum absolute atomic E-state index is 0.0120. The molecule has 0 saturated carbocycles. The molecule has 1 aliphatic rings. The van der Waals surface area contributed by atoms with Crippen LogP contribution in [0.15, 0.2) is 30.5 Å². The first-order chi connectivity index (χ1) is 10.9. The number of nitrogens with one attached hydrogen (secondary N) is 3. The lowest BCUT2D eigenvalue weighted by molar-refractivity contribution is -0.135. The molecule has 5 nitrogen and oxygen atoms in total. The number of rotatable bonds is 3. The number of carbonyl (C=O) groups is 2. The smallest absolute Gasteiger partial charge is 0.233 e. The molecule has 23 heavy (non-hydrogen) atoms. The van der Waals surface area contributed by atoms with E-state index in [4.69, 9.17) is 0 Å². The predicted molar refractivity (Wildman–Crippen MR) is 89.6 cm³/mol. The maximum atomic E-state index is 12.6. The van der Waals surface area contributed by atoms with Crippen LogP contribution < -0.4 is 10.6 Å². The van der Waals surface area contributed by atoms with Crippen molar-refractivity contribution in [2.45, 2.75) is 27.3 Å². The summed E-state index contributed by atoms with van der Waals surface area (Å²) in [5, 5.41) is 6.85. The average Bonchev–Trinajstić information content (AvgIpc) is 3.08. The van der Waals surface area contributed by atoms with Gasteiger partial charge in [0.15, 0.2) is 0 Å². The zero-order chi connectivity index (χ0) is 16.6. The summed E-state index contributed by atoms with van der Waals surface area (Å²) in [6, 6.07) is 7.97. The second-order valence-corrected chi connectivity index (χ2v) is 7.27. The molecule has 0 radical (unpaired) electrons. The Labute approximate surface area is 135 Å². The third kappa shape index (κ3) is 2.96. The van der Waals surface area contributed by atoms with Crippen LogP contribution in [0.25, 0.3) is 10.9 Å². The van der Waals surface area contributed by atoms with Crippen LogP contribution in [0.1, 0.15) is 26.3 Å². The lowest BCUT2D eigenvalue weighted by Crippen LogP contribution is -2.40. The molecule has 2 heterocycles. The topological polar surface area (TPSA) is 74.0 Å². The van der Waals surface area contributed by atoms with Crippen LogP contribution in [0, 0.1) is 17.3 Å².